The van der Waals surface area contributed by atoms with Crippen molar-refractivity contribution < 1.29 is 22.8 Å². The highest BCUT2D eigenvalue weighted by atomic mass is 79.9. The molecule has 0 amide bonds. The molecule has 138 valence electrons. The first-order valence-electron chi connectivity index (χ1n) is 7.49. The molecule has 2 aromatic heterocycles. The number of aromatic nitrogens is 2. The van der Waals surface area contributed by atoms with Crippen molar-refractivity contribution in [2.24, 2.45) is 0 Å². The van der Waals surface area contributed by atoms with E-state index in [1.807, 2.05) is 0 Å². The van der Waals surface area contributed by atoms with E-state index >= 15 is 0 Å². The summed E-state index contributed by atoms with van der Waals surface area (Å²) in [4.78, 5) is 20.2. The fraction of sp³-hybridized carbons (Fsp3) is 0.333. The van der Waals surface area contributed by atoms with Crippen molar-refractivity contribution in [2.75, 3.05) is 18.0 Å². The monoisotopic (exact) mass is 432 g/mol. The summed E-state index contributed by atoms with van der Waals surface area (Å²) in [7, 11) is 0. The molecule has 7 nitrogen and oxygen atoms in total. The van der Waals surface area contributed by atoms with Crippen LogP contribution in [0.1, 0.15) is 12.0 Å². The Morgan fingerprint density at radius 2 is 2.08 bits per heavy atom. The predicted octanol–water partition coefficient (Wildman–Crippen LogP) is 3.82. The van der Waals surface area contributed by atoms with E-state index in [0.717, 1.165) is 12.1 Å². The lowest BCUT2D eigenvalue weighted by molar-refractivity contribution is -0.384. The van der Waals surface area contributed by atoms with Gasteiger partial charge in [-0.25, -0.2) is 9.97 Å². The van der Waals surface area contributed by atoms with Crippen LogP contribution in [-0.4, -0.2) is 34.1 Å². The molecule has 1 aliphatic heterocycles. The molecule has 1 aliphatic rings. The maximum Gasteiger partial charge on any atom is 0.417 e. The summed E-state index contributed by atoms with van der Waals surface area (Å²) in [6, 6.07) is 3.43. The van der Waals surface area contributed by atoms with Gasteiger partial charge in [-0.15, -0.1) is 0 Å². The number of hydrogen-bond acceptors (Lipinski definition) is 6. The van der Waals surface area contributed by atoms with Crippen molar-refractivity contribution in [1.82, 2.24) is 9.97 Å². The van der Waals surface area contributed by atoms with E-state index in [9.17, 15) is 23.3 Å². The lowest BCUT2D eigenvalue weighted by Gasteiger charge is -2.17. The molecule has 11 heteroatoms. The molecule has 2 aromatic rings. The van der Waals surface area contributed by atoms with Gasteiger partial charge in [-0.2, -0.15) is 13.2 Å². The lowest BCUT2D eigenvalue weighted by atomic mass is 10.3. The van der Waals surface area contributed by atoms with Crippen LogP contribution < -0.4 is 9.64 Å². The van der Waals surface area contributed by atoms with Crippen molar-refractivity contribution in [2.45, 2.75) is 18.7 Å². The van der Waals surface area contributed by atoms with E-state index in [-0.39, 0.29) is 23.5 Å². The Bertz CT molecular complexity index is 817. The molecule has 1 atom stereocenters. The van der Waals surface area contributed by atoms with Crippen LogP contribution in [0.2, 0.25) is 0 Å². The van der Waals surface area contributed by atoms with Crippen LogP contribution in [0.15, 0.2) is 35.1 Å². The second-order valence-corrected chi connectivity index (χ2v) is 6.53. The number of pyridine rings is 2. The van der Waals surface area contributed by atoms with E-state index in [2.05, 4.69) is 25.9 Å². The highest BCUT2D eigenvalue weighted by molar-refractivity contribution is 9.10. The molecule has 0 radical (unpaired) electrons. The van der Waals surface area contributed by atoms with Crippen LogP contribution in [-0.2, 0) is 6.18 Å². The normalized spacial score (nSPS) is 17.4. The zero-order chi connectivity index (χ0) is 18.9. The molecule has 3 rings (SSSR count). The molecule has 0 saturated carbocycles. The van der Waals surface area contributed by atoms with Gasteiger partial charge >= 0.3 is 11.9 Å². The number of alkyl halides is 3. The van der Waals surface area contributed by atoms with Gasteiger partial charge in [0.1, 0.15) is 6.10 Å². The molecule has 3 heterocycles. The minimum absolute atomic E-state index is 0.0723. The molecule has 1 saturated heterocycles. The van der Waals surface area contributed by atoms with Gasteiger partial charge in [0.2, 0.25) is 11.7 Å². The maximum atomic E-state index is 12.5. The number of nitrogens with zero attached hydrogens (tertiary/aromatic N) is 4. The van der Waals surface area contributed by atoms with E-state index < -0.39 is 16.7 Å². The Labute approximate surface area is 154 Å². The Kier molecular flexibility index (Phi) is 4.99. The Balaban J connectivity index is 1.69. The van der Waals surface area contributed by atoms with Gasteiger partial charge < -0.3 is 9.64 Å². The number of anilines is 1. The van der Waals surface area contributed by atoms with Crippen molar-refractivity contribution in [3.8, 4) is 5.88 Å². The van der Waals surface area contributed by atoms with Crippen LogP contribution in [0.3, 0.4) is 0 Å². The summed E-state index contributed by atoms with van der Waals surface area (Å²) in [5.74, 6) is 0.299. The molecule has 1 fully saturated rings. The Morgan fingerprint density at radius 1 is 1.31 bits per heavy atom. The summed E-state index contributed by atoms with van der Waals surface area (Å²) in [5, 5.41) is 11.2. The smallest absolute Gasteiger partial charge is 0.417 e. The standard InChI is InChI=1S/C15H12BrF3N4O3/c16-10-5-12(23(24)25)14(21-7-10)22-4-3-11(8-22)26-13-2-1-9(6-20-13)15(17,18)19/h1-2,5-7,11H,3-4,8H2. The summed E-state index contributed by atoms with van der Waals surface area (Å²) in [6.45, 7) is 0.791. The number of rotatable bonds is 4. The number of hydrogen-bond donors (Lipinski definition) is 0. The molecular formula is C15H12BrF3N4O3. The number of halogens is 4. The van der Waals surface area contributed by atoms with E-state index in [1.165, 1.54) is 12.3 Å². The lowest BCUT2D eigenvalue weighted by Crippen LogP contribution is -2.26. The minimum atomic E-state index is -4.46. The summed E-state index contributed by atoms with van der Waals surface area (Å²) < 4.78 is 43.7. The molecule has 0 aliphatic carbocycles. The first kappa shape index (κ1) is 18.4. The quantitative estimate of drug-likeness (QED) is 0.539. The molecule has 0 bridgehead atoms. The second-order valence-electron chi connectivity index (χ2n) is 5.61. The first-order chi connectivity index (χ1) is 12.2. The summed E-state index contributed by atoms with van der Waals surface area (Å²) in [5.41, 5.74) is -0.986. The van der Waals surface area contributed by atoms with E-state index in [4.69, 9.17) is 4.74 Å². The second kappa shape index (κ2) is 7.06. The third kappa shape index (κ3) is 4.03. The highest BCUT2D eigenvalue weighted by Gasteiger charge is 2.32. The first-order valence-corrected chi connectivity index (χ1v) is 8.28. The van der Waals surface area contributed by atoms with Crippen molar-refractivity contribution in [3.05, 3.63) is 50.7 Å². The zero-order valence-corrected chi connectivity index (χ0v) is 14.7. The number of nitro groups is 1. The molecule has 1 unspecified atom stereocenters. The van der Waals surface area contributed by atoms with Crippen LogP contribution in [0, 0.1) is 10.1 Å². The summed E-state index contributed by atoms with van der Waals surface area (Å²) in [6.07, 6.45) is -2.10. The van der Waals surface area contributed by atoms with Gasteiger partial charge in [0, 0.05) is 42.0 Å². The topological polar surface area (TPSA) is 81.4 Å². The predicted molar refractivity (Wildman–Crippen MR) is 89.1 cm³/mol. The molecule has 0 aromatic carbocycles. The SMILES string of the molecule is O=[N+]([O-])c1cc(Br)cnc1N1CCC(Oc2ccc(C(F)(F)F)cn2)C1. The largest absolute Gasteiger partial charge is 0.472 e. The van der Waals surface area contributed by atoms with Crippen molar-refractivity contribution in [3.63, 3.8) is 0 Å². The third-order valence-electron chi connectivity index (χ3n) is 3.81. The van der Waals surface area contributed by atoms with Gasteiger partial charge in [0.25, 0.3) is 0 Å². The Hall–Kier alpha value is -2.43. The zero-order valence-electron chi connectivity index (χ0n) is 13.1. The van der Waals surface area contributed by atoms with Gasteiger partial charge in [-0.1, -0.05) is 0 Å². The van der Waals surface area contributed by atoms with Gasteiger partial charge in [-0.3, -0.25) is 10.1 Å². The van der Waals surface area contributed by atoms with Gasteiger partial charge in [0.15, 0.2) is 0 Å². The van der Waals surface area contributed by atoms with E-state index in [1.54, 1.807) is 4.90 Å². The average Bonchev–Trinajstić information content (AvgIpc) is 3.02. The summed E-state index contributed by atoms with van der Waals surface area (Å²) >= 11 is 3.15. The van der Waals surface area contributed by atoms with Crippen molar-refractivity contribution >= 4 is 27.4 Å². The average molecular weight is 433 g/mol. The van der Waals surface area contributed by atoms with Gasteiger partial charge in [0.05, 0.1) is 17.0 Å². The fourth-order valence-corrected chi connectivity index (χ4v) is 2.92. The van der Waals surface area contributed by atoms with Crippen LogP contribution in [0.5, 0.6) is 5.88 Å². The molecule has 26 heavy (non-hydrogen) atoms. The fourth-order valence-electron chi connectivity index (χ4n) is 2.60. The number of ether oxygens (including phenoxy) is 1. The van der Waals surface area contributed by atoms with Crippen LogP contribution in [0.25, 0.3) is 0 Å². The maximum absolute atomic E-state index is 12.5. The molecule has 0 N–H and O–H groups in total. The molecular weight excluding hydrogens is 421 g/mol. The third-order valence-corrected chi connectivity index (χ3v) is 4.24. The minimum Gasteiger partial charge on any atom is -0.472 e. The van der Waals surface area contributed by atoms with Crippen molar-refractivity contribution in [1.29, 1.82) is 0 Å². The highest BCUT2D eigenvalue weighted by Crippen LogP contribution is 2.32. The Morgan fingerprint density at radius 3 is 2.69 bits per heavy atom. The molecule has 0 spiro atoms. The van der Waals surface area contributed by atoms with Crippen LogP contribution >= 0.6 is 15.9 Å². The van der Waals surface area contributed by atoms with Gasteiger partial charge in [-0.05, 0) is 22.0 Å². The van der Waals surface area contributed by atoms with Crippen LogP contribution in [0.4, 0.5) is 24.7 Å². The van der Waals surface area contributed by atoms with E-state index in [0.29, 0.717) is 30.2 Å².